The van der Waals surface area contributed by atoms with Crippen LogP contribution in [-0.4, -0.2) is 37.7 Å². The Kier molecular flexibility index (Phi) is 6.25. The number of nitrogens with zero attached hydrogens (tertiary/aromatic N) is 4. The zero-order chi connectivity index (χ0) is 24.4. The molecule has 1 unspecified atom stereocenters. The highest BCUT2D eigenvalue weighted by atomic mass is 35.5. The molecular weight excluding hydrogens is 464 g/mol. The number of aliphatic carboxylic acids is 1. The van der Waals surface area contributed by atoms with Crippen LogP contribution in [0.1, 0.15) is 36.4 Å². The standard InChI is InChI=1S/C27H21ClN4O3/c28-21-4-2-1-3-20(21)17-5-7-18(8-6-17)23-16-25(32(31-23)26(33)11-12-27(34)35)19-9-10-22-24(15-19)30-14-13-29-22/h1-10,13-15,25H,11-12,16H2,(H,34,35). The van der Waals surface area contributed by atoms with E-state index in [1.807, 2.05) is 66.7 Å². The van der Waals surface area contributed by atoms with E-state index in [-0.39, 0.29) is 24.8 Å². The third kappa shape index (κ3) is 4.76. The number of fused-ring (bicyclic) bond motifs is 1. The highest BCUT2D eigenvalue weighted by molar-refractivity contribution is 6.33. The maximum absolute atomic E-state index is 13.0. The SMILES string of the molecule is O=C(O)CCC(=O)N1N=C(c2ccc(-c3ccccc3Cl)cc2)CC1c1ccc2nccnc2c1. The van der Waals surface area contributed by atoms with Crippen LogP contribution in [0.5, 0.6) is 0 Å². The molecule has 8 heteroatoms. The van der Waals surface area contributed by atoms with E-state index in [2.05, 4.69) is 15.1 Å². The van der Waals surface area contributed by atoms with Gasteiger partial charge in [0.15, 0.2) is 0 Å². The summed E-state index contributed by atoms with van der Waals surface area (Å²) in [4.78, 5) is 32.7. The Hall–Kier alpha value is -4.10. The first kappa shape index (κ1) is 22.7. The summed E-state index contributed by atoms with van der Waals surface area (Å²) in [6.45, 7) is 0. The molecule has 0 saturated carbocycles. The van der Waals surface area contributed by atoms with Crippen molar-refractivity contribution in [1.29, 1.82) is 0 Å². The summed E-state index contributed by atoms with van der Waals surface area (Å²) >= 11 is 6.34. The zero-order valence-corrected chi connectivity index (χ0v) is 19.4. The third-order valence-electron chi connectivity index (χ3n) is 6.00. The van der Waals surface area contributed by atoms with Crippen LogP contribution in [0.15, 0.2) is 84.2 Å². The van der Waals surface area contributed by atoms with Gasteiger partial charge in [0.1, 0.15) is 0 Å². The van der Waals surface area contributed by atoms with Crippen molar-refractivity contribution in [3.8, 4) is 11.1 Å². The molecule has 35 heavy (non-hydrogen) atoms. The fourth-order valence-electron chi connectivity index (χ4n) is 4.23. The summed E-state index contributed by atoms with van der Waals surface area (Å²) in [5.41, 5.74) is 5.91. The molecule has 1 N–H and O–H groups in total. The average molecular weight is 485 g/mol. The molecule has 1 aliphatic rings. The summed E-state index contributed by atoms with van der Waals surface area (Å²) < 4.78 is 0. The highest BCUT2D eigenvalue weighted by Gasteiger charge is 2.33. The zero-order valence-electron chi connectivity index (χ0n) is 18.6. The summed E-state index contributed by atoms with van der Waals surface area (Å²) in [7, 11) is 0. The highest BCUT2D eigenvalue weighted by Crippen LogP contribution is 2.35. The lowest BCUT2D eigenvalue weighted by molar-refractivity contribution is -0.141. The fraction of sp³-hybridized carbons (Fsp3) is 0.148. The van der Waals surface area contributed by atoms with Crippen LogP contribution in [0.4, 0.5) is 0 Å². The van der Waals surface area contributed by atoms with E-state index in [1.54, 1.807) is 12.4 Å². The molecule has 1 aliphatic heterocycles. The molecule has 1 aromatic heterocycles. The minimum absolute atomic E-state index is 0.124. The maximum atomic E-state index is 13.0. The molecule has 1 amide bonds. The second kappa shape index (κ2) is 9.64. The predicted octanol–water partition coefficient (Wildman–Crippen LogP) is 5.49. The van der Waals surface area contributed by atoms with Gasteiger partial charge in [-0.1, -0.05) is 60.1 Å². The van der Waals surface area contributed by atoms with Crippen molar-refractivity contribution in [3.63, 3.8) is 0 Å². The van der Waals surface area contributed by atoms with E-state index >= 15 is 0 Å². The van der Waals surface area contributed by atoms with Crippen LogP contribution in [-0.2, 0) is 9.59 Å². The minimum Gasteiger partial charge on any atom is -0.481 e. The number of carboxylic acid groups (broad SMARTS) is 1. The van der Waals surface area contributed by atoms with E-state index < -0.39 is 5.97 Å². The van der Waals surface area contributed by atoms with E-state index in [4.69, 9.17) is 16.7 Å². The molecule has 0 aliphatic carbocycles. The van der Waals surface area contributed by atoms with Crippen molar-refractivity contribution in [2.45, 2.75) is 25.3 Å². The van der Waals surface area contributed by atoms with Gasteiger partial charge >= 0.3 is 5.97 Å². The number of amides is 1. The van der Waals surface area contributed by atoms with Gasteiger partial charge in [-0.05, 0) is 34.9 Å². The lowest BCUT2D eigenvalue weighted by atomic mass is 9.96. The maximum Gasteiger partial charge on any atom is 0.303 e. The molecule has 4 aromatic rings. The monoisotopic (exact) mass is 484 g/mol. The number of carbonyl (C=O) groups is 2. The number of benzene rings is 3. The van der Waals surface area contributed by atoms with Crippen LogP contribution in [0.25, 0.3) is 22.2 Å². The molecule has 7 nitrogen and oxygen atoms in total. The number of hydrogen-bond donors (Lipinski definition) is 1. The Morgan fingerprint density at radius 3 is 2.37 bits per heavy atom. The Bertz CT molecular complexity index is 1450. The quantitative estimate of drug-likeness (QED) is 0.390. The van der Waals surface area contributed by atoms with E-state index in [0.717, 1.165) is 39.0 Å². The first-order chi connectivity index (χ1) is 17.0. The van der Waals surface area contributed by atoms with E-state index in [1.165, 1.54) is 5.01 Å². The number of halogens is 1. The first-order valence-corrected chi connectivity index (χ1v) is 11.5. The van der Waals surface area contributed by atoms with Gasteiger partial charge in [0, 0.05) is 35.8 Å². The number of hydrazone groups is 1. The molecule has 2 heterocycles. The van der Waals surface area contributed by atoms with Gasteiger partial charge < -0.3 is 5.11 Å². The van der Waals surface area contributed by atoms with Crippen LogP contribution in [0, 0.1) is 0 Å². The van der Waals surface area contributed by atoms with Gasteiger partial charge in [-0.2, -0.15) is 5.10 Å². The van der Waals surface area contributed by atoms with E-state index in [0.29, 0.717) is 11.4 Å². The molecule has 174 valence electrons. The van der Waals surface area contributed by atoms with Gasteiger partial charge in [0.2, 0.25) is 5.91 Å². The van der Waals surface area contributed by atoms with Gasteiger partial charge in [-0.15, -0.1) is 0 Å². The molecule has 5 rings (SSSR count). The summed E-state index contributed by atoms with van der Waals surface area (Å²) in [6.07, 6.45) is 3.38. The number of carbonyl (C=O) groups excluding carboxylic acids is 1. The van der Waals surface area contributed by atoms with Gasteiger partial charge in [-0.25, -0.2) is 5.01 Å². The number of hydrogen-bond acceptors (Lipinski definition) is 5. The van der Waals surface area contributed by atoms with Crippen molar-refractivity contribution < 1.29 is 14.7 Å². The number of aromatic nitrogens is 2. The van der Waals surface area contributed by atoms with Crippen LogP contribution in [0.3, 0.4) is 0 Å². The molecule has 0 radical (unpaired) electrons. The summed E-state index contributed by atoms with van der Waals surface area (Å²) in [5.74, 6) is -1.35. The van der Waals surface area contributed by atoms with Crippen molar-refractivity contribution in [1.82, 2.24) is 15.0 Å². The molecule has 3 aromatic carbocycles. The Morgan fingerprint density at radius 2 is 1.63 bits per heavy atom. The Labute approximate surface area is 206 Å². The Morgan fingerprint density at radius 1 is 0.914 bits per heavy atom. The first-order valence-electron chi connectivity index (χ1n) is 11.2. The van der Waals surface area contributed by atoms with Crippen LogP contribution in [0.2, 0.25) is 5.02 Å². The normalized spacial score (nSPS) is 15.3. The van der Waals surface area contributed by atoms with Gasteiger partial charge in [-0.3, -0.25) is 19.6 Å². The number of carboxylic acids is 1. The lowest BCUT2D eigenvalue weighted by Gasteiger charge is -2.22. The fourth-order valence-corrected chi connectivity index (χ4v) is 4.47. The smallest absolute Gasteiger partial charge is 0.303 e. The minimum atomic E-state index is -1.02. The molecule has 0 saturated heterocycles. The van der Waals surface area contributed by atoms with Crippen LogP contribution < -0.4 is 0 Å². The topological polar surface area (TPSA) is 95.8 Å². The van der Waals surface area contributed by atoms with Gasteiger partial charge in [0.25, 0.3) is 0 Å². The largest absolute Gasteiger partial charge is 0.481 e. The molecule has 0 bridgehead atoms. The Balaban J connectivity index is 1.46. The molecule has 0 spiro atoms. The van der Waals surface area contributed by atoms with Crippen molar-refractivity contribution >= 4 is 40.2 Å². The number of rotatable bonds is 6. The van der Waals surface area contributed by atoms with Crippen molar-refractivity contribution in [2.24, 2.45) is 5.10 Å². The van der Waals surface area contributed by atoms with Crippen molar-refractivity contribution in [2.75, 3.05) is 0 Å². The molecule has 0 fully saturated rings. The molecular formula is C27H21ClN4O3. The van der Waals surface area contributed by atoms with Gasteiger partial charge in [0.05, 0.1) is 29.2 Å². The van der Waals surface area contributed by atoms with Crippen molar-refractivity contribution in [3.05, 3.63) is 95.3 Å². The summed E-state index contributed by atoms with van der Waals surface area (Å²) in [5, 5.41) is 15.8. The predicted molar refractivity (Wildman–Crippen MR) is 134 cm³/mol. The average Bonchev–Trinajstić information content (AvgIpc) is 3.33. The second-order valence-electron chi connectivity index (χ2n) is 8.26. The lowest BCUT2D eigenvalue weighted by Crippen LogP contribution is -2.27. The second-order valence-corrected chi connectivity index (χ2v) is 8.67. The summed E-state index contributed by atoms with van der Waals surface area (Å²) in [6, 6.07) is 20.9. The van der Waals surface area contributed by atoms with Crippen LogP contribution >= 0.6 is 11.6 Å². The van der Waals surface area contributed by atoms with E-state index in [9.17, 15) is 9.59 Å². The molecule has 1 atom stereocenters. The third-order valence-corrected chi connectivity index (χ3v) is 6.33.